The molecule has 11 heteroatoms. The number of amidine groups is 1. The molecule has 0 aliphatic carbocycles. The summed E-state index contributed by atoms with van der Waals surface area (Å²) < 4.78 is 23.6. The largest absolute Gasteiger partial charge is 0.329 e. The lowest BCUT2D eigenvalue weighted by Gasteiger charge is -2.30. The van der Waals surface area contributed by atoms with E-state index in [4.69, 9.17) is 8.37 Å². The van der Waals surface area contributed by atoms with Crippen molar-refractivity contribution in [3.05, 3.63) is 69.8 Å². The van der Waals surface area contributed by atoms with Gasteiger partial charge in [0.2, 0.25) is 0 Å². The molecule has 1 unspecified atom stereocenters. The Kier molecular flexibility index (Phi) is 6.69. The molecule has 10 nitrogen and oxygen atoms in total. The number of fused-ring (bicyclic) bond motifs is 1. The van der Waals surface area contributed by atoms with Crippen LogP contribution in [0, 0.1) is 12.8 Å². The quantitative estimate of drug-likeness (QED) is 0.562. The molecule has 0 radical (unpaired) electrons. The number of nitrogens with zero attached hydrogens (tertiary/aromatic N) is 4. The Hall–Kier alpha value is -3.41. The first-order valence-corrected chi connectivity index (χ1v) is 12.7. The second kappa shape index (κ2) is 9.92. The number of aryl methyl sites for hydroxylation is 2. The average molecular weight is 510 g/mol. The van der Waals surface area contributed by atoms with E-state index in [1.807, 2.05) is 36.1 Å². The van der Waals surface area contributed by atoms with E-state index >= 15 is 0 Å². The number of nitrogens with one attached hydrogen (secondary N) is 1. The van der Waals surface area contributed by atoms with Gasteiger partial charge in [0.25, 0.3) is 11.5 Å². The number of pyridine rings is 1. The van der Waals surface area contributed by atoms with Crippen LogP contribution in [0.2, 0.25) is 0 Å². The highest BCUT2D eigenvalue weighted by atomic mass is 32.2. The fraction of sp³-hybridized carbons (Fsp3) is 0.360. The second-order valence-corrected chi connectivity index (χ2v) is 9.95. The van der Waals surface area contributed by atoms with Gasteiger partial charge in [-0.3, -0.25) is 27.6 Å². The van der Waals surface area contributed by atoms with E-state index in [2.05, 4.69) is 15.1 Å². The predicted octanol–water partition coefficient (Wildman–Crippen LogP) is 2.71. The zero-order valence-corrected chi connectivity index (χ0v) is 21.1. The number of hydrogen-bond donors (Lipinski definition) is 1. The van der Waals surface area contributed by atoms with Crippen LogP contribution < -0.4 is 10.5 Å². The number of carbonyl (C=O) groups excluding carboxylic acids is 1. The van der Waals surface area contributed by atoms with Gasteiger partial charge in [-0.05, 0) is 30.7 Å². The lowest BCUT2D eigenvalue weighted by molar-refractivity contribution is 0.0774. The van der Waals surface area contributed by atoms with Gasteiger partial charge in [-0.1, -0.05) is 25.1 Å². The molecule has 1 amide bonds. The Labute approximate surface area is 210 Å². The monoisotopic (exact) mass is 509 g/mol. The van der Waals surface area contributed by atoms with Gasteiger partial charge < -0.3 is 10.00 Å². The highest BCUT2D eigenvalue weighted by Crippen LogP contribution is 2.32. The first-order valence-electron chi connectivity index (χ1n) is 11.7. The molecule has 1 fully saturated rings. The normalized spacial score (nSPS) is 21.5. The summed E-state index contributed by atoms with van der Waals surface area (Å²) in [5, 5.41) is 2.83. The maximum Gasteiger partial charge on any atom is 0.304 e. The van der Waals surface area contributed by atoms with Gasteiger partial charge in [-0.15, -0.1) is 0 Å². The lowest BCUT2D eigenvalue weighted by atomic mass is 10.0. The number of para-hydroxylation sites is 1. The Bertz CT molecular complexity index is 1430. The Morgan fingerprint density at radius 1 is 1.33 bits per heavy atom. The minimum absolute atomic E-state index is 0.0175. The van der Waals surface area contributed by atoms with Gasteiger partial charge in [-0.25, -0.2) is 0 Å². The van der Waals surface area contributed by atoms with Crippen molar-refractivity contribution in [2.75, 3.05) is 18.1 Å². The Balaban J connectivity index is 1.44. The molecule has 1 saturated heterocycles. The van der Waals surface area contributed by atoms with E-state index < -0.39 is 17.3 Å². The summed E-state index contributed by atoms with van der Waals surface area (Å²) in [6.07, 6.45) is 2.51. The zero-order valence-electron chi connectivity index (χ0n) is 20.3. The van der Waals surface area contributed by atoms with Crippen LogP contribution >= 0.6 is 0 Å². The van der Waals surface area contributed by atoms with Gasteiger partial charge in [0.1, 0.15) is 5.84 Å². The topological polar surface area (TPSA) is 119 Å². The van der Waals surface area contributed by atoms with Crippen molar-refractivity contribution in [1.29, 1.82) is 0 Å². The minimum Gasteiger partial charge on any atom is -0.329 e. The molecule has 0 spiro atoms. The third-order valence-electron chi connectivity index (χ3n) is 6.48. The van der Waals surface area contributed by atoms with E-state index in [1.165, 1.54) is 4.68 Å². The maximum absolute atomic E-state index is 13.3. The fourth-order valence-corrected chi connectivity index (χ4v) is 5.36. The summed E-state index contributed by atoms with van der Waals surface area (Å²) in [4.78, 5) is 36.7. The van der Waals surface area contributed by atoms with Crippen LogP contribution in [0.15, 0.2) is 52.4 Å². The average Bonchev–Trinajstić information content (AvgIpc) is 3.37. The highest BCUT2D eigenvalue weighted by Gasteiger charge is 2.32. The second-order valence-electron chi connectivity index (χ2n) is 9.11. The number of aliphatic imine (C=N–C) groups is 1. The number of rotatable bonds is 5. The van der Waals surface area contributed by atoms with Gasteiger partial charge in [0, 0.05) is 55.5 Å². The Morgan fingerprint density at radius 2 is 2.14 bits per heavy atom. The molecule has 5 rings (SSSR count). The van der Waals surface area contributed by atoms with Gasteiger partial charge in [0.15, 0.2) is 0 Å². The molecule has 2 aliphatic rings. The van der Waals surface area contributed by atoms with Crippen LogP contribution in [0.25, 0.3) is 11.3 Å². The van der Waals surface area contributed by atoms with E-state index in [1.54, 1.807) is 32.3 Å². The number of anilines is 1. The molecule has 3 atom stereocenters. The molecule has 0 bridgehead atoms. The third-order valence-corrected chi connectivity index (χ3v) is 7.24. The van der Waals surface area contributed by atoms with Crippen LogP contribution in [-0.2, 0) is 33.2 Å². The first-order chi connectivity index (χ1) is 17.3. The molecule has 36 heavy (non-hydrogen) atoms. The molecule has 0 saturated carbocycles. The minimum atomic E-state index is -1.74. The number of aromatic amines is 1. The van der Waals surface area contributed by atoms with Crippen LogP contribution in [-0.4, -0.2) is 50.0 Å². The molecule has 2 aromatic heterocycles. The van der Waals surface area contributed by atoms with Crippen LogP contribution in [0.1, 0.15) is 35.0 Å². The summed E-state index contributed by atoms with van der Waals surface area (Å²) in [5.74, 6) is 0.247. The molecule has 1 N–H and O–H groups in total. The number of H-pyrrole nitrogens is 1. The van der Waals surface area contributed by atoms with E-state index in [0.717, 1.165) is 11.3 Å². The van der Waals surface area contributed by atoms with Crippen molar-refractivity contribution in [2.24, 2.45) is 18.0 Å². The highest BCUT2D eigenvalue weighted by molar-refractivity contribution is 7.75. The van der Waals surface area contributed by atoms with Crippen molar-refractivity contribution < 1.29 is 17.4 Å². The van der Waals surface area contributed by atoms with Crippen LogP contribution in [0.5, 0.6) is 0 Å². The van der Waals surface area contributed by atoms with E-state index in [0.29, 0.717) is 54.3 Å². The molecule has 4 heterocycles. The van der Waals surface area contributed by atoms with E-state index in [9.17, 15) is 13.8 Å². The molecule has 188 valence electrons. The third kappa shape index (κ3) is 4.81. The first kappa shape index (κ1) is 24.3. The maximum atomic E-state index is 13.3. The number of hydrogen-bond acceptors (Lipinski definition) is 6. The molecule has 1 aromatic carbocycles. The molecule has 3 aromatic rings. The van der Waals surface area contributed by atoms with Gasteiger partial charge in [0.05, 0.1) is 24.0 Å². The zero-order chi connectivity index (χ0) is 25.4. The van der Waals surface area contributed by atoms with Crippen LogP contribution in [0.4, 0.5) is 5.69 Å². The summed E-state index contributed by atoms with van der Waals surface area (Å²) in [5.41, 5.74) is 3.64. The van der Waals surface area contributed by atoms with Crippen molar-refractivity contribution >= 4 is 28.8 Å². The summed E-state index contributed by atoms with van der Waals surface area (Å²) in [6, 6.07) is 11.2. The van der Waals surface area contributed by atoms with Gasteiger partial charge in [-0.2, -0.15) is 9.20 Å². The Morgan fingerprint density at radius 3 is 2.89 bits per heavy atom. The molecule has 2 aliphatic heterocycles. The van der Waals surface area contributed by atoms with Crippen molar-refractivity contribution in [3.8, 4) is 11.3 Å². The number of amides is 1. The van der Waals surface area contributed by atoms with Gasteiger partial charge >= 0.3 is 11.4 Å². The van der Waals surface area contributed by atoms with Crippen molar-refractivity contribution in [1.82, 2.24) is 14.8 Å². The van der Waals surface area contributed by atoms with Crippen molar-refractivity contribution in [2.45, 2.75) is 32.8 Å². The predicted molar refractivity (Wildman–Crippen MR) is 136 cm³/mol. The fourth-order valence-electron chi connectivity index (χ4n) is 4.58. The standard InChI is InChI=1S/C25H27N5O5S/c1-15(22-8-9-34-36(33)35-22)14-30-21-7-5-4-6-17(21)12-23(30)28-24(31)18-10-16(2)27-20(11-18)19-13-26-29(3)25(19)32/h4-7,10-11,13,15,22,26H,8-9,12,14H2,1-3H3/t15-,22-,36?/m0/s1. The summed E-state index contributed by atoms with van der Waals surface area (Å²) in [7, 11) is 1.62. The smallest absolute Gasteiger partial charge is 0.304 e. The summed E-state index contributed by atoms with van der Waals surface area (Å²) >= 11 is -1.74. The van der Waals surface area contributed by atoms with Crippen LogP contribution in [0.3, 0.4) is 0 Å². The summed E-state index contributed by atoms with van der Waals surface area (Å²) in [6.45, 7) is 4.74. The molecular weight excluding hydrogens is 482 g/mol. The number of benzene rings is 1. The molecular formula is C25H27N5O5S. The lowest BCUT2D eigenvalue weighted by Crippen LogP contribution is -2.39. The number of aromatic nitrogens is 3. The SMILES string of the molecule is Cc1cc(C(=O)N=C2Cc3ccccc3N2C[C@H](C)[C@@H]2CCOS(=O)O2)cc(-c2c[nH]n(C)c2=O)n1. The van der Waals surface area contributed by atoms with Crippen molar-refractivity contribution in [3.63, 3.8) is 0 Å². The number of carbonyl (C=O) groups is 1. The van der Waals surface area contributed by atoms with E-state index in [-0.39, 0.29) is 17.6 Å².